The molecular formula is C7H5BrCl3NO2S. The Labute approximate surface area is 111 Å². The first-order valence-corrected chi connectivity index (χ1v) is 7.47. The summed E-state index contributed by atoms with van der Waals surface area (Å²) in [6, 6.07) is 2.81. The van der Waals surface area contributed by atoms with Crippen LogP contribution in [0.1, 0.15) is 0 Å². The van der Waals surface area contributed by atoms with Gasteiger partial charge in [0.2, 0.25) is 10.0 Å². The van der Waals surface area contributed by atoms with E-state index in [1.807, 2.05) is 0 Å². The first kappa shape index (κ1) is 13.4. The van der Waals surface area contributed by atoms with E-state index >= 15 is 0 Å². The first-order valence-electron chi connectivity index (χ1n) is 3.57. The Balaban J connectivity index is 3.17. The number of sulfonamides is 1. The van der Waals surface area contributed by atoms with Gasteiger partial charge >= 0.3 is 0 Å². The summed E-state index contributed by atoms with van der Waals surface area (Å²) in [4.78, 5) is 0. The maximum atomic E-state index is 11.2. The standard InChI is InChI=1S/C7H5BrCl3NO2S/c8-3-15(13,14)12-7-5(10)1-4(9)2-6(7)11/h1-2,12H,3H2. The molecule has 0 aliphatic carbocycles. The van der Waals surface area contributed by atoms with E-state index in [0.29, 0.717) is 5.02 Å². The Bertz CT molecular complexity index is 454. The van der Waals surface area contributed by atoms with Crippen LogP contribution in [-0.4, -0.2) is 13.1 Å². The molecule has 8 heteroatoms. The van der Waals surface area contributed by atoms with Crippen molar-refractivity contribution in [3.8, 4) is 0 Å². The van der Waals surface area contributed by atoms with E-state index in [-0.39, 0.29) is 20.4 Å². The lowest BCUT2D eigenvalue weighted by atomic mass is 10.3. The number of nitrogens with one attached hydrogen (secondary N) is 1. The van der Waals surface area contributed by atoms with Crippen molar-refractivity contribution in [3.63, 3.8) is 0 Å². The second-order valence-electron chi connectivity index (χ2n) is 2.57. The summed E-state index contributed by atoms with van der Waals surface area (Å²) in [5.41, 5.74) is 0.127. The van der Waals surface area contributed by atoms with Crippen LogP contribution in [0.4, 0.5) is 5.69 Å². The predicted octanol–water partition coefficient (Wildman–Crippen LogP) is 3.74. The van der Waals surface area contributed by atoms with Crippen molar-refractivity contribution >= 4 is 66.4 Å². The van der Waals surface area contributed by atoms with E-state index in [4.69, 9.17) is 34.8 Å². The zero-order chi connectivity index (χ0) is 11.6. The number of hydrogen-bond acceptors (Lipinski definition) is 2. The highest BCUT2D eigenvalue weighted by Crippen LogP contribution is 2.34. The van der Waals surface area contributed by atoms with Crippen molar-refractivity contribution in [2.75, 3.05) is 9.38 Å². The SMILES string of the molecule is O=S(=O)(CBr)Nc1c(Cl)cc(Cl)cc1Cl. The molecule has 1 N–H and O–H groups in total. The van der Waals surface area contributed by atoms with Gasteiger partial charge in [0.05, 0.1) is 15.7 Å². The molecule has 84 valence electrons. The lowest BCUT2D eigenvalue weighted by Gasteiger charge is -2.09. The summed E-state index contributed by atoms with van der Waals surface area (Å²) >= 11 is 20.1. The van der Waals surface area contributed by atoms with E-state index in [1.165, 1.54) is 12.1 Å². The summed E-state index contributed by atoms with van der Waals surface area (Å²) in [5.74, 6) is 0. The molecule has 0 spiro atoms. The van der Waals surface area contributed by atoms with Gasteiger partial charge in [0.1, 0.15) is 4.66 Å². The molecule has 0 amide bonds. The minimum atomic E-state index is -3.48. The van der Waals surface area contributed by atoms with Crippen molar-refractivity contribution < 1.29 is 8.42 Å². The smallest absolute Gasteiger partial charge is 0.242 e. The van der Waals surface area contributed by atoms with Gasteiger partial charge in [-0.15, -0.1) is 0 Å². The Morgan fingerprint density at radius 1 is 1.20 bits per heavy atom. The molecular weight excluding hydrogens is 348 g/mol. The monoisotopic (exact) mass is 351 g/mol. The third kappa shape index (κ3) is 3.67. The lowest BCUT2D eigenvalue weighted by Crippen LogP contribution is -2.13. The van der Waals surface area contributed by atoms with Gasteiger partial charge in [-0.1, -0.05) is 50.7 Å². The number of anilines is 1. The van der Waals surface area contributed by atoms with Crippen molar-refractivity contribution in [1.29, 1.82) is 0 Å². The summed E-state index contributed by atoms with van der Waals surface area (Å²) in [6.45, 7) is 0. The van der Waals surface area contributed by atoms with Crippen LogP contribution in [0, 0.1) is 0 Å². The van der Waals surface area contributed by atoms with Gasteiger partial charge in [-0.25, -0.2) is 8.42 Å². The van der Waals surface area contributed by atoms with Crippen LogP contribution in [0.15, 0.2) is 12.1 Å². The Kier molecular flexibility index (Phi) is 4.55. The third-order valence-electron chi connectivity index (χ3n) is 1.41. The van der Waals surface area contributed by atoms with Crippen molar-refractivity contribution in [2.45, 2.75) is 0 Å². The van der Waals surface area contributed by atoms with Crippen LogP contribution >= 0.6 is 50.7 Å². The van der Waals surface area contributed by atoms with E-state index in [1.54, 1.807) is 0 Å². The van der Waals surface area contributed by atoms with Crippen LogP contribution in [0.5, 0.6) is 0 Å². The average molecular weight is 353 g/mol. The zero-order valence-corrected chi connectivity index (χ0v) is 11.8. The fraction of sp³-hybridized carbons (Fsp3) is 0.143. The highest BCUT2D eigenvalue weighted by Gasteiger charge is 2.14. The van der Waals surface area contributed by atoms with Gasteiger partial charge in [0.15, 0.2) is 0 Å². The molecule has 0 radical (unpaired) electrons. The quantitative estimate of drug-likeness (QED) is 0.842. The molecule has 0 aliphatic rings. The van der Waals surface area contributed by atoms with Crippen molar-refractivity contribution in [2.24, 2.45) is 0 Å². The Morgan fingerprint density at radius 3 is 2.07 bits per heavy atom. The minimum Gasteiger partial charge on any atom is -0.280 e. The molecule has 1 aromatic carbocycles. The van der Waals surface area contributed by atoms with Crippen LogP contribution in [0.2, 0.25) is 15.1 Å². The normalized spacial score (nSPS) is 11.5. The van der Waals surface area contributed by atoms with Gasteiger partial charge in [-0.2, -0.15) is 0 Å². The van der Waals surface area contributed by atoms with Crippen molar-refractivity contribution in [1.82, 2.24) is 0 Å². The van der Waals surface area contributed by atoms with E-state index in [9.17, 15) is 8.42 Å². The number of alkyl halides is 1. The van der Waals surface area contributed by atoms with Gasteiger partial charge in [0.25, 0.3) is 0 Å². The van der Waals surface area contributed by atoms with Gasteiger partial charge < -0.3 is 0 Å². The summed E-state index contributed by atoms with van der Waals surface area (Å²) in [7, 11) is -3.48. The van der Waals surface area contributed by atoms with Gasteiger partial charge in [0, 0.05) is 5.02 Å². The third-order valence-corrected chi connectivity index (χ3v) is 4.83. The van der Waals surface area contributed by atoms with E-state index < -0.39 is 10.0 Å². The zero-order valence-electron chi connectivity index (χ0n) is 7.10. The van der Waals surface area contributed by atoms with Crippen molar-refractivity contribution in [3.05, 3.63) is 27.2 Å². The topological polar surface area (TPSA) is 46.2 Å². The minimum absolute atomic E-state index is 0.127. The van der Waals surface area contributed by atoms with Gasteiger partial charge in [-0.05, 0) is 12.1 Å². The molecule has 0 saturated heterocycles. The van der Waals surface area contributed by atoms with E-state index in [2.05, 4.69) is 20.7 Å². The van der Waals surface area contributed by atoms with Crippen LogP contribution in [-0.2, 0) is 10.0 Å². The largest absolute Gasteiger partial charge is 0.280 e. The molecule has 0 unspecified atom stereocenters. The second-order valence-corrected chi connectivity index (χ2v) is 6.85. The van der Waals surface area contributed by atoms with E-state index in [0.717, 1.165) is 0 Å². The summed E-state index contributed by atoms with van der Waals surface area (Å²) < 4.78 is 24.5. The molecule has 0 aliphatic heterocycles. The second kappa shape index (κ2) is 5.10. The molecule has 1 rings (SSSR count). The molecule has 15 heavy (non-hydrogen) atoms. The molecule has 0 atom stereocenters. The van der Waals surface area contributed by atoms with Crippen LogP contribution in [0.25, 0.3) is 0 Å². The fourth-order valence-corrected chi connectivity index (χ4v) is 2.77. The highest BCUT2D eigenvalue weighted by atomic mass is 79.9. The molecule has 3 nitrogen and oxygen atoms in total. The number of rotatable bonds is 3. The maximum Gasteiger partial charge on any atom is 0.242 e. The van der Waals surface area contributed by atoms with Crippen LogP contribution < -0.4 is 4.72 Å². The molecule has 0 aromatic heterocycles. The van der Waals surface area contributed by atoms with Gasteiger partial charge in [-0.3, -0.25) is 4.72 Å². The average Bonchev–Trinajstić information content (AvgIpc) is 2.11. The summed E-state index contributed by atoms with van der Waals surface area (Å²) in [6.07, 6.45) is 0. The molecule has 0 saturated carbocycles. The first-order chi connectivity index (χ1) is 6.85. The lowest BCUT2D eigenvalue weighted by molar-refractivity contribution is 0.606. The summed E-state index contributed by atoms with van der Waals surface area (Å²) in [5, 5.41) is 0.640. The fourth-order valence-electron chi connectivity index (χ4n) is 0.822. The van der Waals surface area contributed by atoms with Crippen LogP contribution in [0.3, 0.4) is 0 Å². The number of halogens is 4. The maximum absolute atomic E-state index is 11.2. The molecule has 1 aromatic rings. The molecule has 0 heterocycles. The Morgan fingerprint density at radius 2 is 1.67 bits per heavy atom. The number of hydrogen-bond donors (Lipinski definition) is 1. The predicted molar refractivity (Wildman–Crippen MR) is 67.8 cm³/mol. The Hall–Kier alpha value is 0.320. The highest BCUT2D eigenvalue weighted by molar-refractivity contribution is 9.10. The molecule has 0 bridgehead atoms. The number of benzene rings is 1. The molecule has 0 fully saturated rings.